The summed E-state index contributed by atoms with van der Waals surface area (Å²) in [7, 11) is 0. The third kappa shape index (κ3) is 28.3. The van der Waals surface area contributed by atoms with E-state index in [0.717, 1.165) is 12.8 Å². The lowest BCUT2D eigenvalue weighted by atomic mass is 10.00. The molecular weight excluding hydrogens is 1130 g/mol. The fourth-order valence-electron chi connectivity index (χ4n) is 9.20. The van der Waals surface area contributed by atoms with Crippen molar-refractivity contribution in [3.05, 3.63) is 35.9 Å². The van der Waals surface area contributed by atoms with Crippen LogP contribution < -0.4 is 86.7 Å². The molecule has 1 aromatic rings. The highest BCUT2D eigenvalue weighted by atomic mass is 16.3. The van der Waals surface area contributed by atoms with Crippen LogP contribution in [0.1, 0.15) is 125 Å². The van der Waals surface area contributed by atoms with E-state index in [4.69, 9.17) is 22.9 Å². The number of carbonyl (C=O) groups excluding carboxylic acids is 12. The van der Waals surface area contributed by atoms with Crippen LogP contribution in [0.3, 0.4) is 0 Å². The fraction of sp³-hybridized carbons (Fsp3) is 0.684. The maximum absolute atomic E-state index is 14.6. The summed E-state index contributed by atoms with van der Waals surface area (Å²) >= 11 is 0. The van der Waals surface area contributed by atoms with Gasteiger partial charge in [-0.05, 0) is 109 Å². The Labute approximate surface area is 509 Å². The predicted octanol–water partition coefficient (Wildman–Crippen LogP) is -5.46. The van der Waals surface area contributed by atoms with Crippen LogP contribution in [0.4, 0.5) is 0 Å². The lowest BCUT2D eigenvalue weighted by Gasteiger charge is -2.29. The summed E-state index contributed by atoms with van der Waals surface area (Å²) in [6.45, 7) is 10.0. The number of aliphatic hydroxyl groups excluding tert-OH is 2. The minimum Gasteiger partial charge on any atom is -0.391 e. The minimum atomic E-state index is -1.75. The molecule has 0 bridgehead atoms. The van der Waals surface area contributed by atoms with Gasteiger partial charge < -0.3 is 96.9 Å². The molecule has 2 rings (SSSR count). The Morgan fingerprint density at radius 3 is 1.60 bits per heavy atom. The molecule has 0 aromatic heterocycles. The lowest BCUT2D eigenvalue weighted by Crippen LogP contribution is -2.62. The average Bonchev–Trinajstić information content (AvgIpc) is 3.15. The van der Waals surface area contributed by atoms with Crippen LogP contribution in [-0.2, 0) is 64.0 Å². The van der Waals surface area contributed by atoms with E-state index in [1.807, 2.05) is 13.8 Å². The van der Waals surface area contributed by atoms with Gasteiger partial charge in [0, 0.05) is 32.9 Å². The molecule has 0 radical (unpaired) electrons. The molecule has 0 aliphatic carbocycles. The van der Waals surface area contributed by atoms with Crippen molar-refractivity contribution in [2.45, 2.75) is 198 Å². The summed E-state index contributed by atoms with van der Waals surface area (Å²) in [5, 5.41) is 52.2. The van der Waals surface area contributed by atoms with Crippen molar-refractivity contribution >= 4 is 70.9 Å². The first-order chi connectivity index (χ1) is 41.1. The van der Waals surface area contributed by atoms with Gasteiger partial charge in [-0.1, -0.05) is 70.9 Å². The third-order valence-corrected chi connectivity index (χ3v) is 14.0. The lowest BCUT2D eigenvalue weighted by molar-refractivity contribution is -0.137. The molecule has 1 fully saturated rings. The molecule has 12 atom stereocenters. The van der Waals surface area contributed by atoms with Gasteiger partial charge in [0.15, 0.2) is 0 Å². The molecule has 87 heavy (non-hydrogen) atoms. The van der Waals surface area contributed by atoms with Crippen LogP contribution in [0.15, 0.2) is 30.3 Å². The topological polar surface area (TPSA) is 494 Å². The van der Waals surface area contributed by atoms with E-state index in [2.05, 4.69) is 63.8 Å². The fourth-order valence-corrected chi connectivity index (χ4v) is 9.20. The van der Waals surface area contributed by atoms with E-state index < -0.39 is 156 Å². The Kier molecular flexibility index (Phi) is 34.9. The number of hydrogen-bond donors (Lipinski definition) is 18. The second-order valence-corrected chi connectivity index (χ2v) is 22.6. The molecule has 1 saturated heterocycles. The smallest absolute Gasteiger partial charge is 0.245 e. The van der Waals surface area contributed by atoms with Gasteiger partial charge in [-0.15, -0.1) is 0 Å². The van der Waals surface area contributed by atoms with E-state index in [1.54, 1.807) is 44.2 Å². The second-order valence-electron chi connectivity index (χ2n) is 22.6. The molecule has 0 unspecified atom stereocenters. The first kappa shape index (κ1) is 75.7. The largest absolute Gasteiger partial charge is 0.391 e. The molecule has 12 amide bonds. The van der Waals surface area contributed by atoms with Crippen LogP contribution in [0, 0.1) is 11.8 Å². The average molecular weight is 1230 g/mol. The summed E-state index contributed by atoms with van der Waals surface area (Å²) in [6.07, 6.45) is -2.46. The maximum Gasteiger partial charge on any atom is 0.245 e. The van der Waals surface area contributed by atoms with E-state index in [1.165, 1.54) is 20.8 Å². The number of rotatable bonds is 29. The highest BCUT2D eigenvalue weighted by Crippen LogP contribution is 2.13. The van der Waals surface area contributed by atoms with Crippen LogP contribution in [-0.4, -0.2) is 193 Å². The summed E-state index contributed by atoms with van der Waals surface area (Å²) in [6, 6.07) is -6.52. The summed E-state index contributed by atoms with van der Waals surface area (Å²) in [5.74, 6) is -10.2. The zero-order chi connectivity index (χ0) is 65.3. The number of aliphatic hydroxyl groups is 2. The maximum atomic E-state index is 14.6. The second kappa shape index (κ2) is 40.1. The Morgan fingerprint density at radius 2 is 1.08 bits per heavy atom. The number of hydrogen-bond acceptors (Lipinski definition) is 18. The number of benzene rings is 1. The van der Waals surface area contributed by atoms with Crippen molar-refractivity contribution in [1.29, 1.82) is 0 Å². The SMILES string of the molecule is CC(=O)NCC[C@H](NC(=O)CCCCC(C)C)C(=O)N[C@H](C(=O)N[C@@H](CCN)C(=O)N[C@H]1CCNC(=O)[C@H]([C@@H](C)O)NC(=O)[C@@H](CCN)NC(=O)[C@H](CCN)NC(=O)[C@H](CC(C)C)NC(=O)[C@@H](Cc2ccccc2)NC(=O)[C@H](CCN)NC1=O)[C@@H](C)O. The number of nitrogens with one attached hydrogen (secondary N) is 12. The van der Waals surface area contributed by atoms with E-state index in [0.29, 0.717) is 17.9 Å². The highest BCUT2D eigenvalue weighted by Gasteiger charge is 2.38. The van der Waals surface area contributed by atoms with Crippen LogP contribution in [0.25, 0.3) is 0 Å². The standard InChI is InChI=1S/C57H98N16O14/c1-31(2)13-11-12-16-45(77)64-41(21-27-62-35(7)76)53(83)73-47(34(6)75)57(87)69-39(19-25-60)49(79)68-42-22-28-63-56(86)46(33(5)74)72-52(82)40(20-26-61)66-48(78)37(17-23-58)67-54(84)43(29-32(3)4)70-55(85)44(30-36-14-9-8-10-15-36)71-50(80)38(18-24-59)65-51(42)81/h8-10,14-15,31-34,37-44,46-47,74-75H,11-13,16-30,58-61H2,1-7H3,(H,62,76)(H,63,86)(H,64,77)(H,65,81)(H,66,78)(H,67,84)(H,68,79)(H,69,87)(H,70,85)(H,71,80)(H,72,82)(H,73,83)/t33-,34-,37+,38+,39+,40-,41+,42+,43+,44-,46+,47+/m1/s1. The van der Waals surface area contributed by atoms with Crippen molar-refractivity contribution < 1.29 is 67.7 Å². The van der Waals surface area contributed by atoms with E-state index >= 15 is 0 Å². The molecular formula is C57H98N16O14. The number of amides is 12. The Balaban J connectivity index is 2.70. The normalized spacial score (nSPS) is 22.2. The van der Waals surface area contributed by atoms with Crippen LogP contribution in [0.5, 0.6) is 0 Å². The molecule has 1 aliphatic heterocycles. The Morgan fingerprint density at radius 1 is 0.563 bits per heavy atom. The Hall–Kier alpha value is -7.38. The zero-order valence-corrected chi connectivity index (χ0v) is 51.3. The predicted molar refractivity (Wildman–Crippen MR) is 321 cm³/mol. The van der Waals surface area contributed by atoms with Crippen molar-refractivity contribution in [2.24, 2.45) is 34.8 Å². The minimum absolute atomic E-state index is 0.0381. The van der Waals surface area contributed by atoms with Gasteiger partial charge in [-0.2, -0.15) is 0 Å². The van der Waals surface area contributed by atoms with Crippen LogP contribution in [0.2, 0.25) is 0 Å². The van der Waals surface area contributed by atoms with Gasteiger partial charge in [0.1, 0.15) is 60.4 Å². The van der Waals surface area contributed by atoms with Gasteiger partial charge in [-0.3, -0.25) is 57.5 Å². The van der Waals surface area contributed by atoms with Gasteiger partial charge in [0.25, 0.3) is 0 Å². The highest BCUT2D eigenvalue weighted by molar-refractivity contribution is 5.99. The molecule has 22 N–H and O–H groups in total. The number of nitrogens with two attached hydrogens (primary N) is 4. The summed E-state index contributed by atoms with van der Waals surface area (Å²) < 4.78 is 0. The van der Waals surface area contributed by atoms with Gasteiger partial charge >= 0.3 is 0 Å². The Bertz CT molecular complexity index is 2420. The molecule has 1 heterocycles. The quantitative estimate of drug-likeness (QED) is 0.0333. The molecule has 30 nitrogen and oxygen atoms in total. The molecule has 1 aromatic carbocycles. The molecule has 1 aliphatic rings. The van der Waals surface area contributed by atoms with Crippen molar-refractivity contribution in [2.75, 3.05) is 39.3 Å². The monoisotopic (exact) mass is 1230 g/mol. The van der Waals surface area contributed by atoms with Crippen molar-refractivity contribution in [1.82, 2.24) is 63.8 Å². The van der Waals surface area contributed by atoms with E-state index in [-0.39, 0.29) is 90.0 Å². The molecule has 30 heteroatoms. The molecule has 0 spiro atoms. The number of carbonyl (C=O) groups is 12. The molecule has 490 valence electrons. The molecule has 0 saturated carbocycles. The van der Waals surface area contributed by atoms with Gasteiger partial charge in [0.2, 0.25) is 70.9 Å². The van der Waals surface area contributed by atoms with Crippen molar-refractivity contribution in [3.63, 3.8) is 0 Å². The van der Waals surface area contributed by atoms with E-state index in [9.17, 15) is 67.7 Å². The summed E-state index contributed by atoms with van der Waals surface area (Å²) in [4.78, 5) is 166. The zero-order valence-electron chi connectivity index (χ0n) is 51.3. The third-order valence-electron chi connectivity index (χ3n) is 14.0. The summed E-state index contributed by atoms with van der Waals surface area (Å²) in [5.41, 5.74) is 24.2. The van der Waals surface area contributed by atoms with Gasteiger partial charge in [-0.25, -0.2) is 0 Å². The van der Waals surface area contributed by atoms with Gasteiger partial charge in [0.05, 0.1) is 12.2 Å². The van der Waals surface area contributed by atoms with Crippen LogP contribution >= 0.6 is 0 Å². The number of unbranched alkanes of at least 4 members (excludes halogenated alkanes) is 1. The first-order valence-corrected chi connectivity index (χ1v) is 29.9. The van der Waals surface area contributed by atoms with Crippen molar-refractivity contribution in [3.8, 4) is 0 Å². The first-order valence-electron chi connectivity index (χ1n) is 29.9.